The van der Waals surface area contributed by atoms with Gasteiger partial charge in [0.1, 0.15) is 0 Å². The van der Waals surface area contributed by atoms with Crippen molar-refractivity contribution >= 4 is 5.97 Å². The second kappa shape index (κ2) is 5.48. The lowest BCUT2D eigenvalue weighted by Crippen LogP contribution is -2.47. The third-order valence-electron chi connectivity index (χ3n) is 5.20. The molecule has 3 rings (SSSR count). The van der Waals surface area contributed by atoms with Gasteiger partial charge in [-0.2, -0.15) is 0 Å². The van der Waals surface area contributed by atoms with E-state index < -0.39 is 23.0 Å². The fraction of sp³-hybridized carbons (Fsp3) is 0.316. The molecule has 3 atom stereocenters. The number of aliphatic carboxylic acids is 1. The Kier molecular flexibility index (Phi) is 3.74. The summed E-state index contributed by atoms with van der Waals surface area (Å²) < 4.78 is 0. The highest BCUT2D eigenvalue weighted by atomic mass is 16.5. The second-order valence-corrected chi connectivity index (χ2v) is 6.54. The maximum Gasteiger partial charge on any atom is 0.308 e. The third-order valence-corrected chi connectivity index (χ3v) is 5.20. The Hall–Kier alpha value is -2.17. The molecule has 23 heavy (non-hydrogen) atoms. The van der Waals surface area contributed by atoms with E-state index in [1.54, 1.807) is 6.92 Å². The van der Waals surface area contributed by atoms with Gasteiger partial charge in [0.15, 0.2) is 0 Å². The van der Waals surface area contributed by atoms with Crippen LogP contribution in [-0.4, -0.2) is 16.1 Å². The first-order chi connectivity index (χ1) is 10.9. The molecule has 1 saturated heterocycles. The monoisotopic (exact) mass is 310 g/mol. The zero-order valence-electron chi connectivity index (χ0n) is 13.3. The summed E-state index contributed by atoms with van der Waals surface area (Å²) in [6.07, 6.45) is 0.279. The smallest absolute Gasteiger partial charge is 0.308 e. The first kappa shape index (κ1) is 15.7. The van der Waals surface area contributed by atoms with Crippen LogP contribution >= 0.6 is 0 Å². The summed E-state index contributed by atoms with van der Waals surface area (Å²) >= 11 is 0. The van der Waals surface area contributed by atoms with E-state index in [4.69, 9.17) is 0 Å². The Labute approximate surface area is 136 Å². The molecular weight excluding hydrogens is 290 g/mol. The van der Waals surface area contributed by atoms with E-state index >= 15 is 0 Å². The topological polar surface area (TPSA) is 60.4 Å². The quantitative estimate of drug-likeness (QED) is 0.942. The number of rotatable bonds is 3. The number of hydrogen-bond acceptors (Lipinski definition) is 2. The molecule has 1 heterocycles. The zero-order valence-corrected chi connectivity index (χ0v) is 13.3. The molecule has 0 saturated carbocycles. The van der Waals surface area contributed by atoms with Gasteiger partial charge in [-0.15, -0.1) is 10.3 Å². The molecule has 2 aromatic rings. The zero-order chi connectivity index (χ0) is 16.7. The Morgan fingerprint density at radius 1 is 1.00 bits per heavy atom. The number of carboxylic acids is 1. The Morgan fingerprint density at radius 2 is 1.48 bits per heavy atom. The molecule has 1 aliphatic heterocycles. The first-order valence-electron chi connectivity index (χ1n) is 7.72. The van der Waals surface area contributed by atoms with Crippen molar-refractivity contribution in [3.05, 3.63) is 71.8 Å². The summed E-state index contributed by atoms with van der Waals surface area (Å²) in [5.41, 5.74) is -0.380. The molecule has 0 aliphatic carbocycles. The molecule has 1 radical (unpaired) electrons. The normalized spacial score (nSPS) is 31.2. The highest BCUT2D eigenvalue weighted by molar-refractivity contribution is 5.73. The van der Waals surface area contributed by atoms with Gasteiger partial charge in [-0.1, -0.05) is 60.7 Å². The number of nitrogens with zero attached hydrogens (tertiary/aromatic N) is 1. The Bertz CT molecular complexity index is 703. The van der Waals surface area contributed by atoms with Crippen LogP contribution in [0.15, 0.2) is 60.7 Å². The highest BCUT2D eigenvalue weighted by Gasteiger charge is 2.61. The molecule has 1 aliphatic rings. The number of carbonyl (C=O) groups is 1. The highest BCUT2D eigenvalue weighted by Crippen LogP contribution is 2.54. The Balaban J connectivity index is 2.15. The number of hydroxylamine groups is 2. The van der Waals surface area contributed by atoms with Gasteiger partial charge in [0.25, 0.3) is 0 Å². The van der Waals surface area contributed by atoms with Gasteiger partial charge >= 0.3 is 5.97 Å². The van der Waals surface area contributed by atoms with E-state index in [0.29, 0.717) is 0 Å². The summed E-state index contributed by atoms with van der Waals surface area (Å²) in [7, 11) is 0. The lowest BCUT2D eigenvalue weighted by atomic mass is 9.79. The van der Waals surface area contributed by atoms with Gasteiger partial charge in [0.2, 0.25) is 0 Å². The van der Waals surface area contributed by atoms with Crippen molar-refractivity contribution in [2.45, 2.75) is 31.3 Å². The van der Waals surface area contributed by atoms with Crippen molar-refractivity contribution in [3.8, 4) is 0 Å². The summed E-state index contributed by atoms with van der Waals surface area (Å²) in [5, 5.41) is 24.0. The van der Waals surface area contributed by atoms with Gasteiger partial charge in [0, 0.05) is 0 Å². The summed E-state index contributed by atoms with van der Waals surface area (Å²) in [6.45, 7) is 3.57. The van der Waals surface area contributed by atoms with Crippen LogP contribution in [0.5, 0.6) is 0 Å². The summed E-state index contributed by atoms with van der Waals surface area (Å²) in [6, 6.07) is 18.6. The van der Waals surface area contributed by atoms with Crippen molar-refractivity contribution in [1.29, 1.82) is 0 Å². The van der Waals surface area contributed by atoms with Gasteiger partial charge < -0.3 is 5.11 Å². The Morgan fingerprint density at radius 3 is 1.96 bits per heavy atom. The average Bonchev–Trinajstić information content (AvgIpc) is 2.80. The lowest BCUT2D eigenvalue weighted by molar-refractivity contribution is -0.265. The molecular formula is C19H20NO3. The van der Waals surface area contributed by atoms with Crippen molar-refractivity contribution < 1.29 is 15.1 Å². The van der Waals surface area contributed by atoms with Gasteiger partial charge in [-0.05, 0) is 31.4 Å². The molecule has 0 spiro atoms. The lowest BCUT2D eigenvalue weighted by Gasteiger charge is -2.38. The van der Waals surface area contributed by atoms with Crippen LogP contribution < -0.4 is 0 Å². The average molecular weight is 310 g/mol. The molecule has 0 aromatic heterocycles. The standard InChI is InChI=1S/C19H20NO3/c1-18(14-9-5-3-6-10-14)13-16(17(21)22)19(2,20(18)23)15-11-7-4-8-12-15/h3-12,16H,13H2,1-2H3,(H,21,22). The van der Waals surface area contributed by atoms with Crippen LogP contribution in [0.2, 0.25) is 0 Å². The molecule has 0 bridgehead atoms. The predicted octanol–water partition coefficient (Wildman–Crippen LogP) is 3.57. The van der Waals surface area contributed by atoms with Crippen LogP contribution in [0.1, 0.15) is 31.4 Å². The third kappa shape index (κ3) is 2.26. The summed E-state index contributed by atoms with van der Waals surface area (Å²) in [5.74, 6) is -1.70. The molecule has 3 unspecified atom stereocenters. The van der Waals surface area contributed by atoms with E-state index in [-0.39, 0.29) is 6.42 Å². The molecule has 0 amide bonds. The maximum absolute atomic E-state index is 13.3. The number of hydrogen-bond donors (Lipinski definition) is 1. The van der Waals surface area contributed by atoms with Crippen LogP contribution in [0.25, 0.3) is 0 Å². The summed E-state index contributed by atoms with van der Waals surface area (Å²) in [4.78, 5) is 11.9. The number of benzene rings is 2. The van der Waals surface area contributed by atoms with Gasteiger partial charge in [-0.3, -0.25) is 4.79 Å². The first-order valence-corrected chi connectivity index (χ1v) is 7.72. The number of carboxylic acid groups (broad SMARTS) is 1. The molecule has 1 fully saturated rings. The SMILES string of the molecule is CC1(c2ccccc2)CC(C(=O)O)C(C)(c2ccccc2)N1[O]. The van der Waals surface area contributed by atoms with Gasteiger partial charge in [0.05, 0.1) is 17.0 Å². The van der Waals surface area contributed by atoms with E-state index in [1.807, 2.05) is 67.6 Å². The van der Waals surface area contributed by atoms with E-state index in [0.717, 1.165) is 16.2 Å². The van der Waals surface area contributed by atoms with E-state index in [9.17, 15) is 15.1 Å². The van der Waals surface area contributed by atoms with Crippen LogP contribution in [0.3, 0.4) is 0 Å². The van der Waals surface area contributed by atoms with Crippen LogP contribution in [-0.2, 0) is 21.1 Å². The fourth-order valence-corrected chi connectivity index (χ4v) is 3.79. The van der Waals surface area contributed by atoms with Crippen molar-refractivity contribution in [1.82, 2.24) is 5.06 Å². The molecule has 2 aromatic carbocycles. The molecule has 4 heteroatoms. The maximum atomic E-state index is 13.3. The second-order valence-electron chi connectivity index (χ2n) is 6.54. The minimum absolute atomic E-state index is 0.279. The molecule has 119 valence electrons. The van der Waals surface area contributed by atoms with E-state index in [2.05, 4.69) is 0 Å². The molecule has 4 nitrogen and oxygen atoms in total. The minimum Gasteiger partial charge on any atom is -0.481 e. The predicted molar refractivity (Wildman–Crippen MR) is 85.9 cm³/mol. The minimum atomic E-state index is -1.10. The van der Waals surface area contributed by atoms with Gasteiger partial charge in [-0.25, -0.2) is 0 Å². The van der Waals surface area contributed by atoms with Crippen LogP contribution in [0.4, 0.5) is 0 Å². The largest absolute Gasteiger partial charge is 0.481 e. The van der Waals surface area contributed by atoms with Crippen molar-refractivity contribution in [2.24, 2.45) is 5.92 Å². The van der Waals surface area contributed by atoms with Crippen molar-refractivity contribution in [2.75, 3.05) is 0 Å². The fourth-order valence-electron chi connectivity index (χ4n) is 3.79. The van der Waals surface area contributed by atoms with E-state index in [1.165, 1.54) is 0 Å². The molecule has 1 N–H and O–H groups in total. The van der Waals surface area contributed by atoms with Crippen LogP contribution in [0, 0.1) is 5.92 Å². The van der Waals surface area contributed by atoms with Crippen molar-refractivity contribution in [3.63, 3.8) is 0 Å².